The summed E-state index contributed by atoms with van der Waals surface area (Å²) in [6, 6.07) is 10.6. The zero-order valence-corrected chi connectivity index (χ0v) is 18.4. The molecule has 2 rings (SSSR count). The van der Waals surface area contributed by atoms with Gasteiger partial charge in [0.25, 0.3) is 0 Å². The van der Waals surface area contributed by atoms with E-state index in [9.17, 15) is 18.3 Å². The Morgan fingerprint density at radius 1 is 1.13 bits per heavy atom. The lowest BCUT2D eigenvalue weighted by atomic mass is 10.0. The largest absolute Gasteiger partial charge is 0.479 e. The molecule has 0 bridgehead atoms. The lowest BCUT2D eigenvalue weighted by Gasteiger charge is -2.19. The number of nitrogens with two attached hydrogens (primary N) is 1. The van der Waals surface area contributed by atoms with Crippen molar-refractivity contribution in [1.29, 1.82) is 5.41 Å². The molecule has 0 saturated carbocycles. The van der Waals surface area contributed by atoms with Gasteiger partial charge in [-0.15, -0.1) is 4.83 Å². The van der Waals surface area contributed by atoms with E-state index in [4.69, 9.17) is 11.1 Å². The number of carboxylic acids is 1. The fourth-order valence-electron chi connectivity index (χ4n) is 2.88. The summed E-state index contributed by atoms with van der Waals surface area (Å²) in [6.07, 6.45) is 1.95. The Hall–Kier alpha value is -3.11. The van der Waals surface area contributed by atoms with Crippen LogP contribution in [0.4, 0.5) is 11.4 Å². The molecule has 0 radical (unpaired) electrons. The van der Waals surface area contributed by atoms with Crippen LogP contribution in [0.1, 0.15) is 49.4 Å². The molecule has 9 nitrogen and oxygen atoms in total. The number of rotatable bonds is 12. The monoisotopic (exact) mass is 447 g/mol. The van der Waals surface area contributed by atoms with Gasteiger partial charge in [-0.1, -0.05) is 26.3 Å². The second-order valence-electron chi connectivity index (χ2n) is 7.12. The summed E-state index contributed by atoms with van der Waals surface area (Å²) in [5.41, 5.74) is 11.0. The molecule has 168 valence electrons. The summed E-state index contributed by atoms with van der Waals surface area (Å²) in [6.45, 7) is 3.84. The van der Waals surface area contributed by atoms with E-state index in [1.54, 1.807) is 42.5 Å². The van der Waals surface area contributed by atoms with Crippen molar-refractivity contribution >= 4 is 33.2 Å². The Morgan fingerprint density at radius 3 is 2.35 bits per heavy atom. The first-order valence-corrected chi connectivity index (χ1v) is 11.6. The lowest BCUT2D eigenvalue weighted by Crippen LogP contribution is -2.31. The first kappa shape index (κ1) is 24.2. The molecule has 1 atom stereocenters. The molecule has 0 spiro atoms. The van der Waals surface area contributed by atoms with Gasteiger partial charge >= 0.3 is 5.97 Å². The van der Waals surface area contributed by atoms with Crippen LogP contribution in [0, 0.1) is 5.41 Å². The van der Waals surface area contributed by atoms with Gasteiger partial charge in [-0.25, -0.2) is 13.2 Å². The summed E-state index contributed by atoms with van der Waals surface area (Å²) in [5, 5.41) is 20.2. The second-order valence-corrected chi connectivity index (χ2v) is 8.96. The van der Waals surface area contributed by atoms with Crippen LogP contribution in [0.2, 0.25) is 0 Å². The molecule has 0 amide bonds. The van der Waals surface area contributed by atoms with E-state index in [1.165, 1.54) is 0 Å². The van der Waals surface area contributed by atoms with E-state index < -0.39 is 22.0 Å². The maximum absolute atomic E-state index is 12.1. The first-order valence-electron chi connectivity index (χ1n) is 9.98. The van der Waals surface area contributed by atoms with Gasteiger partial charge < -0.3 is 21.6 Å². The maximum atomic E-state index is 12.1. The van der Waals surface area contributed by atoms with Crippen molar-refractivity contribution in [3.63, 3.8) is 0 Å². The summed E-state index contributed by atoms with van der Waals surface area (Å²) in [5.74, 6) is -1.15. The number of aliphatic carboxylic acids is 1. The third-order valence-electron chi connectivity index (χ3n) is 4.63. The van der Waals surface area contributed by atoms with Crippen molar-refractivity contribution in [3.8, 4) is 0 Å². The topological polar surface area (TPSA) is 157 Å². The fraction of sp³-hybridized carbons (Fsp3) is 0.333. The SMILES string of the molecule is CCCCS(=O)(=O)NNc1cc(CC)cc(C(Nc2ccc(C(=N)N)cc2)C(=O)O)c1. The highest BCUT2D eigenvalue weighted by atomic mass is 32.2. The Kier molecular flexibility index (Phi) is 8.40. The van der Waals surface area contributed by atoms with E-state index in [1.807, 2.05) is 13.8 Å². The third kappa shape index (κ3) is 7.26. The molecule has 0 saturated heterocycles. The molecule has 2 aromatic carbocycles. The molecule has 0 aliphatic rings. The van der Waals surface area contributed by atoms with Crippen molar-refractivity contribution in [3.05, 3.63) is 59.2 Å². The van der Waals surface area contributed by atoms with Crippen molar-refractivity contribution in [1.82, 2.24) is 4.83 Å². The van der Waals surface area contributed by atoms with Crippen LogP contribution < -0.4 is 21.3 Å². The summed E-state index contributed by atoms with van der Waals surface area (Å²) in [7, 11) is -3.49. The zero-order valence-electron chi connectivity index (χ0n) is 17.6. The van der Waals surface area contributed by atoms with Crippen LogP contribution >= 0.6 is 0 Å². The molecule has 31 heavy (non-hydrogen) atoms. The van der Waals surface area contributed by atoms with Gasteiger partial charge in [-0.3, -0.25) is 5.41 Å². The number of nitrogen functional groups attached to an aromatic ring is 1. The minimum Gasteiger partial charge on any atom is -0.479 e. The number of hydrogen-bond acceptors (Lipinski definition) is 6. The number of amidine groups is 1. The highest BCUT2D eigenvalue weighted by molar-refractivity contribution is 7.89. The van der Waals surface area contributed by atoms with E-state index in [-0.39, 0.29) is 11.6 Å². The Morgan fingerprint density at radius 2 is 1.81 bits per heavy atom. The molecule has 1 unspecified atom stereocenters. The normalized spacial score (nSPS) is 12.2. The van der Waals surface area contributed by atoms with Crippen molar-refractivity contribution < 1.29 is 18.3 Å². The number of sulfonamides is 1. The molecular formula is C21H29N5O4S. The number of nitrogens with one attached hydrogen (secondary N) is 4. The van der Waals surface area contributed by atoms with E-state index in [0.29, 0.717) is 35.3 Å². The summed E-state index contributed by atoms with van der Waals surface area (Å²) in [4.78, 5) is 14.3. The third-order valence-corrected chi connectivity index (χ3v) is 5.87. The van der Waals surface area contributed by atoms with Gasteiger partial charge in [-0.2, -0.15) is 0 Å². The molecule has 0 fully saturated rings. The number of hydrogen-bond donors (Lipinski definition) is 6. The number of carbonyl (C=O) groups is 1. The second kappa shape index (κ2) is 10.8. The van der Waals surface area contributed by atoms with Gasteiger partial charge in [-0.05, 0) is 60.4 Å². The minimum absolute atomic E-state index is 0.00634. The molecule has 10 heteroatoms. The number of carboxylic acid groups (broad SMARTS) is 1. The van der Waals surface area contributed by atoms with Crippen LogP contribution in [0.3, 0.4) is 0 Å². The quantitative estimate of drug-likeness (QED) is 0.166. The predicted octanol–water partition coefficient (Wildman–Crippen LogP) is 2.82. The smallest absolute Gasteiger partial charge is 0.330 e. The van der Waals surface area contributed by atoms with E-state index >= 15 is 0 Å². The standard InChI is InChI=1S/C21H29N5O4S/c1-3-5-10-31(29,30)26-25-18-12-14(4-2)11-16(13-18)19(21(27)28)24-17-8-6-15(7-9-17)20(22)23/h6-9,11-13,19,24-26H,3-5,10H2,1-2H3,(H3,22,23)(H,27,28). The molecule has 0 aliphatic heterocycles. The van der Waals surface area contributed by atoms with Gasteiger partial charge in [0, 0.05) is 11.3 Å². The Balaban J connectivity index is 2.27. The van der Waals surface area contributed by atoms with Crippen LogP contribution in [0.5, 0.6) is 0 Å². The molecule has 0 aliphatic carbocycles. The minimum atomic E-state index is -3.49. The average molecular weight is 448 g/mol. The Labute approximate surface area is 182 Å². The van der Waals surface area contributed by atoms with E-state index in [2.05, 4.69) is 15.6 Å². The van der Waals surface area contributed by atoms with Gasteiger partial charge in [0.15, 0.2) is 6.04 Å². The van der Waals surface area contributed by atoms with Crippen molar-refractivity contribution in [2.45, 2.75) is 39.2 Å². The number of anilines is 2. The van der Waals surface area contributed by atoms with Crippen molar-refractivity contribution in [2.24, 2.45) is 5.73 Å². The van der Waals surface area contributed by atoms with Crippen LogP contribution in [-0.4, -0.2) is 31.1 Å². The highest BCUT2D eigenvalue weighted by Gasteiger charge is 2.21. The highest BCUT2D eigenvalue weighted by Crippen LogP contribution is 2.25. The average Bonchev–Trinajstić information content (AvgIpc) is 2.74. The molecule has 0 heterocycles. The first-order chi connectivity index (χ1) is 14.6. The van der Waals surface area contributed by atoms with Gasteiger partial charge in [0.05, 0.1) is 11.4 Å². The van der Waals surface area contributed by atoms with Gasteiger partial charge in [0.1, 0.15) is 5.84 Å². The molecular weight excluding hydrogens is 418 g/mol. The zero-order chi connectivity index (χ0) is 23.0. The number of unbranched alkanes of at least 4 members (excludes halogenated alkanes) is 1. The molecule has 2 aromatic rings. The summed E-state index contributed by atoms with van der Waals surface area (Å²) < 4.78 is 24.1. The number of aryl methyl sites for hydroxylation is 1. The van der Waals surface area contributed by atoms with Crippen LogP contribution in [0.25, 0.3) is 0 Å². The van der Waals surface area contributed by atoms with Crippen molar-refractivity contribution in [2.75, 3.05) is 16.5 Å². The number of benzene rings is 2. The molecule has 7 N–H and O–H groups in total. The van der Waals surface area contributed by atoms with Gasteiger partial charge in [0.2, 0.25) is 10.0 Å². The number of hydrazine groups is 1. The maximum Gasteiger partial charge on any atom is 0.330 e. The fourth-order valence-corrected chi connectivity index (χ4v) is 3.93. The lowest BCUT2D eigenvalue weighted by molar-refractivity contribution is -0.138. The predicted molar refractivity (Wildman–Crippen MR) is 123 cm³/mol. The molecule has 0 aromatic heterocycles. The van der Waals surface area contributed by atoms with Crippen LogP contribution in [-0.2, 0) is 21.2 Å². The van der Waals surface area contributed by atoms with E-state index in [0.717, 1.165) is 12.0 Å². The van der Waals surface area contributed by atoms with Crippen LogP contribution in [0.15, 0.2) is 42.5 Å². The Bertz CT molecular complexity index is 1020. The summed E-state index contributed by atoms with van der Waals surface area (Å²) >= 11 is 0.